The first-order valence-electron chi connectivity index (χ1n) is 9.46. The van der Waals surface area contributed by atoms with Crippen LogP contribution in [0.4, 0.5) is 0 Å². The number of ether oxygens (including phenoxy) is 1. The van der Waals surface area contributed by atoms with Crippen LogP contribution in [0, 0.1) is 0 Å². The van der Waals surface area contributed by atoms with Crippen LogP contribution in [0.15, 0.2) is 60.7 Å². The summed E-state index contributed by atoms with van der Waals surface area (Å²) in [6.45, 7) is 2.84. The fourth-order valence-corrected chi connectivity index (χ4v) is 2.66. The molecule has 0 unspecified atom stereocenters. The largest absolute Gasteiger partial charge is 0.466 e. The zero-order valence-electron chi connectivity index (χ0n) is 15.8. The molecule has 27 heavy (non-hydrogen) atoms. The highest BCUT2D eigenvalue weighted by atomic mass is 16.5. The molecule has 0 fully saturated rings. The van der Waals surface area contributed by atoms with Gasteiger partial charge in [-0.2, -0.15) is 0 Å². The van der Waals surface area contributed by atoms with Gasteiger partial charge >= 0.3 is 5.97 Å². The predicted octanol–water partition coefficient (Wildman–Crippen LogP) is 4.61. The van der Waals surface area contributed by atoms with Crippen molar-refractivity contribution in [1.82, 2.24) is 5.32 Å². The van der Waals surface area contributed by atoms with Crippen molar-refractivity contribution in [1.29, 1.82) is 0 Å². The average Bonchev–Trinajstić information content (AvgIpc) is 2.70. The third kappa shape index (κ3) is 7.90. The lowest BCUT2D eigenvalue weighted by Crippen LogP contribution is -2.22. The first kappa shape index (κ1) is 20.4. The molecule has 0 saturated heterocycles. The Morgan fingerprint density at radius 2 is 1.63 bits per heavy atom. The van der Waals surface area contributed by atoms with Crippen molar-refractivity contribution < 1.29 is 14.3 Å². The second-order valence-corrected chi connectivity index (χ2v) is 6.23. The van der Waals surface area contributed by atoms with Gasteiger partial charge in [-0.1, -0.05) is 61.0 Å². The highest BCUT2D eigenvalue weighted by molar-refractivity contribution is 5.91. The minimum Gasteiger partial charge on any atom is -0.466 e. The Bertz CT molecular complexity index is 736. The quantitative estimate of drug-likeness (QED) is 0.380. The second-order valence-electron chi connectivity index (χ2n) is 6.23. The van der Waals surface area contributed by atoms with Crippen molar-refractivity contribution in [2.45, 2.75) is 32.6 Å². The zero-order valence-corrected chi connectivity index (χ0v) is 15.8. The molecule has 2 rings (SSSR count). The van der Waals surface area contributed by atoms with Crippen LogP contribution in [0.3, 0.4) is 0 Å². The Morgan fingerprint density at radius 1 is 0.926 bits per heavy atom. The molecule has 0 heterocycles. The Hall–Kier alpha value is -2.88. The van der Waals surface area contributed by atoms with E-state index in [2.05, 4.69) is 29.6 Å². The number of carbonyl (C=O) groups is 2. The first-order valence-corrected chi connectivity index (χ1v) is 9.46. The van der Waals surface area contributed by atoms with E-state index in [4.69, 9.17) is 4.74 Å². The molecule has 2 aromatic carbocycles. The van der Waals surface area contributed by atoms with Gasteiger partial charge in [-0.3, -0.25) is 9.59 Å². The normalized spacial score (nSPS) is 10.7. The van der Waals surface area contributed by atoms with Gasteiger partial charge in [0.25, 0.3) is 0 Å². The SMILES string of the molecule is CCOC(=O)CCCCCNC(=O)/C=C/c1ccc(-c2ccccc2)cc1. The molecule has 4 nitrogen and oxygen atoms in total. The molecule has 0 aliphatic carbocycles. The predicted molar refractivity (Wildman–Crippen MR) is 109 cm³/mol. The molecule has 0 aliphatic heterocycles. The van der Waals surface area contributed by atoms with E-state index in [-0.39, 0.29) is 11.9 Å². The molecule has 0 atom stereocenters. The van der Waals surface area contributed by atoms with Gasteiger partial charge in [-0.05, 0) is 42.5 Å². The van der Waals surface area contributed by atoms with E-state index in [0.29, 0.717) is 19.6 Å². The van der Waals surface area contributed by atoms with Crippen molar-refractivity contribution in [3.8, 4) is 11.1 Å². The Morgan fingerprint density at radius 3 is 2.33 bits per heavy atom. The minimum atomic E-state index is -0.150. The van der Waals surface area contributed by atoms with Gasteiger partial charge in [0.05, 0.1) is 6.61 Å². The van der Waals surface area contributed by atoms with Gasteiger partial charge in [0.2, 0.25) is 5.91 Å². The number of benzene rings is 2. The lowest BCUT2D eigenvalue weighted by molar-refractivity contribution is -0.143. The van der Waals surface area contributed by atoms with E-state index >= 15 is 0 Å². The molecule has 0 aliphatic rings. The first-order chi connectivity index (χ1) is 13.2. The van der Waals surface area contributed by atoms with Crippen molar-refractivity contribution >= 4 is 18.0 Å². The van der Waals surface area contributed by atoms with E-state index in [1.54, 1.807) is 13.0 Å². The zero-order chi connectivity index (χ0) is 19.3. The van der Waals surface area contributed by atoms with Gasteiger partial charge in [0, 0.05) is 19.0 Å². The molecule has 0 radical (unpaired) electrons. The average molecular weight is 365 g/mol. The Balaban J connectivity index is 1.67. The summed E-state index contributed by atoms with van der Waals surface area (Å²) in [4.78, 5) is 23.1. The summed E-state index contributed by atoms with van der Waals surface area (Å²) >= 11 is 0. The molecule has 1 N–H and O–H groups in total. The van der Waals surface area contributed by atoms with Crippen LogP contribution in [0.2, 0.25) is 0 Å². The third-order valence-electron chi connectivity index (χ3n) is 4.11. The van der Waals surface area contributed by atoms with Crippen LogP contribution in [0.25, 0.3) is 17.2 Å². The van der Waals surface area contributed by atoms with Gasteiger partial charge < -0.3 is 10.1 Å². The maximum Gasteiger partial charge on any atom is 0.305 e. The highest BCUT2D eigenvalue weighted by Crippen LogP contribution is 2.19. The van der Waals surface area contributed by atoms with Crippen LogP contribution in [-0.4, -0.2) is 25.0 Å². The van der Waals surface area contributed by atoms with Gasteiger partial charge in [-0.25, -0.2) is 0 Å². The molecule has 142 valence electrons. The van der Waals surface area contributed by atoms with Crippen LogP contribution in [0.1, 0.15) is 38.2 Å². The van der Waals surface area contributed by atoms with Gasteiger partial charge in [-0.15, -0.1) is 0 Å². The summed E-state index contributed by atoms with van der Waals surface area (Å²) in [6, 6.07) is 18.3. The Kier molecular flexibility index (Phi) is 8.84. The van der Waals surface area contributed by atoms with Crippen LogP contribution in [0.5, 0.6) is 0 Å². The summed E-state index contributed by atoms with van der Waals surface area (Å²) in [7, 11) is 0. The summed E-state index contributed by atoms with van der Waals surface area (Å²) in [5.74, 6) is -0.254. The second kappa shape index (κ2) is 11.7. The summed E-state index contributed by atoms with van der Waals surface area (Å²) in [5.41, 5.74) is 3.31. The lowest BCUT2D eigenvalue weighted by atomic mass is 10.0. The molecule has 1 amide bonds. The minimum absolute atomic E-state index is 0.104. The van der Waals surface area contributed by atoms with E-state index in [1.807, 2.05) is 36.4 Å². The number of esters is 1. The molecule has 0 spiro atoms. The number of unbranched alkanes of at least 4 members (excludes halogenated alkanes) is 2. The number of carbonyl (C=O) groups excluding carboxylic acids is 2. The van der Waals surface area contributed by atoms with Crippen molar-refractivity contribution in [3.05, 3.63) is 66.2 Å². The molecule has 0 saturated carbocycles. The fourth-order valence-electron chi connectivity index (χ4n) is 2.66. The van der Waals surface area contributed by atoms with E-state index in [0.717, 1.165) is 30.4 Å². The van der Waals surface area contributed by atoms with E-state index in [9.17, 15) is 9.59 Å². The van der Waals surface area contributed by atoms with Gasteiger partial charge in [0.1, 0.15) is 0 Å². The highest BCUT2D eigenvalue weighted by Gasteiger charge is 2.01. The maximum absolute atomic E-state index is 11.9. The lowest BCUT2D eigenvalue weighted by Gasteiger charge is -2.03. The van der Waals surface area contributed by atoms with E-state index < -0.39 is 0 Å². The third-order valence-corrected chi connectivity index (χ3v) is 4.11. The number of hydrogen-bond acceptors (Lipinski definition) is 3. The molecule has 0 bridgehead atoms. The molecule has 2 aromatic rings. The summed E-state index contributed by atoms with van der Waals surface area (Å²) in [6.07, 6.45) is 6.34. The molecule has 4 heteroatoms. The topological polar surface area (TPSA) is 55.4 Å². The standard InChI is InChI=1S/C23H27NO3/c1-2-27-23(26)11-7-4-8-18-24-22(25)17-14-19-12-15-21(16-13-19)20-9-5-3-6-10-20/h3,5-6,9-10,12-17H,2,4,7-8,11,18H2,1H3,(H,24,25)/b17-14+. The number of rotatable bonds is 10. The van der Waals surface area contributed by atoms with Crippen LogP contribution < -0.4 is 5.32 Å². The summed E-state index contributed by atoms with van der Waals surface area (Å²) < 4.78 is 4.88. The Labute approximate surface area is 161 Å². The number of amides is 1. The summed E-state index contributed by atoms with van der Waals surface area (Å²) in [5, 5.41) is 2.86. The van der Waals surface area contributed by atoms with E-state index in [1.165, 1.54) is 5.56 Å². The molecular formula is C23H27NO3. The maximum atomic E-state index is 11.9. The van der Waals surface area contributed by atoms with Crippen molar-refractivity contribution in [3.63, 3.8) is 0 Å². The van der Waals surface area contributed by atoms with Crippen LogP contribution >= 0.6 is 0 Å². The van der Waals surface area contributed by atoms with Crippen molar-refractivity contribution in [2.75, 3.05) is 13.2 Å². The number of hydrogen-bond donors (Lipinski definition) is 1. The monoisotopic (exact) mass is 365 g/mol. The molecular weight excluding hydrogens is 338 g/mol. The molecule has 0 aromatic heterocycles. The fraction of sp³-hybridized carbons (Fsp3) is 0.304. The van der Waals surface area contributed by atoms with Gasteiger partial charge in [0.15, 0.2) is 0 Å². The van der Waals surface area contributed by atoms with Crippen LogP contribution in [-0.2, 0) is 14.3 Å². The smallest absolute Gasteiger partial charge is 0.305 e. The number of nitrogens with one attached hydrogen (secondary N) is 1. The van der Waals surface area contributed by atoms with Crippen molar-refractivity contribution in [2.24, 2.45) is 0 Å².